The van der Waals surface area contributed by atoms with E-state index in [9.17, 15) is 18.5 Å². The van der Waals surface area contributed by atoms with E-state index in [4.69, 9.17) is 10.00 Å². The maximum Gasteiger partial charge on any atom is 0.271 e. The fraction of sp³-hybridized carbons (Fsp3) is 0.188. The van der Waals surface area contributed by atoms with Crippen LogP contribution in [0.25, 0.3) is 0 Å². The number of anilines is 1. The molecule has 0 saturated carbocycles. The Morgan fingerprint density at radius 2 is 2.04 bits per heavy atom. The van der Waals surface area contributed by atoms with Crippen molar-refractivity contribution in [3.8, 4) is 11.2 Å². The van der Waals surface area contributed by atoms with E-state index >= 15 is 0 Å². The first-order valence-corrected chi connectivity index (χ1v) is 9.66. The topological polar surface area (TPSA) is 122 Å². The van der Waals surface area contributed by atoms with Crippen LogP contribution in [0.15, 0.2) is 46.2 Å². The number of benzene rings is 2. The summed E-state index contributed by atoms with van der Waals surface area (Å²) in [5.41, 5.74) is 0.671. The molecule has 2 aromatic rings. The molecule has 136 valence electrons. The third-order valence-electron chi connectivity index (χ3n) is 3.51. The normalized spacial score (nSPS) is 10.8. The molecule has 0 aliphatic rings. The van der Waals surface area contributed by atoms with E-state index in [1.165, 1.54) is 19.2 Å². The fourth-order valence-corrected chi connectivity index (χ4v) is 4.00. The number of thioether (sulfide) groups is 1. The number of nitro groups is 1. The van der Waals surface area contributed by atoms with Crippen LogP contribution in [0, 0.1) is 20.8 Å². The number of aryl methyl sites for hydroxylation is 1. The van der Waals surface area contributed by atoms with Crippen LogP contribution in [-0.2, 0) is 16.4 Å². The lowest BCUT2D eigenvalue weighted by atomic mass is 10.1. The highest BCUT2D eigenvalue weighted by molar-refractivity contribution is 8.03. The van der Waals surface area contributed by atoms with Gasteiger partial charge in [0.15, 0.2) is 0 Å². The molecule has 0 aromatic heterocycles. The molecule has 0 unspecified atom stereocenters. The molecule has 0 bridgehead atoms. The maximum absolute atomic E-state index is 12.8. The van der Waals surface area contributed by atoms with Crippen molar-refractivity contribution in [2.24, 2.45) is 0 Å². The Kier molecular flexibility index (Phi) is 6.07. The number of hydrogen-bond donors (Lipinski definition) is 1. The highest BCUT2D eigenvalue weighted by Gasteiger charge is 2.24. The SMILES string of the molecule is CCc1cc(SC#N)ccc1NS(=O)(=O)c1cc([N+](=O)[O-])ccc1OC. The summed E-state index contributed by atoms with van der Waals surface area (Å²) in [6.07, 6.45) is 0.532. The molecule has 0 amide bonds. The van der Waals surface area contributed by atoms with Crippen LogP contribution < -0.4 is 9.46 Å². The van der Waals surface area contributed by atoms with Crippen molar-refractivity contribution < 1.29 is 18.1 Å². The molecule has 0 aliphatic carbocycles. The number of sulfonamides is 1. The average Bonchev–Trinajstić information content (AvgIpc) is 2.62. The van der Waals surface area contributed by atoms with E-state index in [-0.39, 0.29) is 16.3 Å². The van der Waals surface area contributed by atoms with Gasteiger partial charge in [-0.2, -0.15) is 5.26 Å². The van der Waals surface area contributed by atoms with E-state index in [1.807, 2.05) is 12.3 Å². The van der Waals surface area contributed by atoms with Gasteiger partial charge in [0.05, 0.1) is 17.7 Å². The molecule has 2 rings (SSSR count). The minimum atomic E-state index is -4.12. The van der Waals surface area contributed by atoms with Crippen molar-refractivity contribution in [2.75, 3.05) is 11.8 Å². The van der Waals surface area contributed by atoms with Gasteiger partial charge in [-0.1, -0.05) is 6.92 Å². The third-order valence-corrected chi connectivity index (χ3v) is 5.48. The molecule has 0 spiro atoms. The van der Waals surface area contributed by atoms with Crippen LogP contribution in [0.4, 0.5) is 11.4 Å². The monoisotopic (exact) mass is 393 g/mol. The number of nitriles is 1. The lowest BCUT2D eigenvalue weighted by Crippen LogP contribution is -2.15. The van der Waals surface area contributed by atoms with Gasteiger partial charge in [0.25, 0.3) is 15.7 Å². The van der Waals surface area contributed by atoms with Crippen molar-refractivity contribution >= 4 is 33.2 Å². The van der Waals surface area contributed by atoms with Crippen molar-refractivity contribution in [3.63, 3.8) is 0 Å². The molecule has 8 nitrogen and oxygen atoms in total. The van der Waals surface area contributed by atoms with Crippen molar-refractivity contribution in [2.45, 2.75) is 23.1 Å². The van der Waals surface area contributed by atoms with E-state index < -0.39 is 14.9 Å². The lowest BCUT2D eigenvalue weighted by molar-refractivity contribution is -0.385. The summed E-state index contributed by atoms with van der Waals surface area (Å²) in [6, 6.07) is 8.25. The molecule has 0 saturated heterocycles. The summed E-state index contributed by atoms with van der Waals surface area (Å²) in [6.45, 7) is 1.85. The number of hydrogen-bond acceptors (Lipinski definition) is 7. The number of nitrogens with one attached hydrogen (secondary N) is 1. The zero-order chi connectivity index (χ0) is 19.3. The molecule has 0 aliphatic heterocycles. The maximum atomic E-state index is 12.8. The van der Waals surface area contributed by atoms with Crippen LogP contribution in [-0.4, -0.2) is 20.5 Å². The first-order chi connectivity index (χ1) is 12.3. The van der Waals surface area contributed by atoms with Crippen LogP contribution in [0.1, 0.15) is 12.5 Å². The summed E-state index contributed by atoms with van der Waals surface area (Å²) in [4.78, 5) is 10.6. The Labute approximate surface area is 155 Å². The molecular weight excluding hydrogens is 378 g/mol. The number of nitrogens with zero attached hydrogens (tertiary/aromatic N) is 2. The Bertz CT molecular complexity index is 984. The summed E-state index contributed by atoms with van der Waals surface area (Å²) in [5.74, 6) is -0.00203. The Hall–Kier alpha value is -2.77. The number of thiocyanates is 1. The second-order valence-electron chi connectivity index (χ2n) is 5.06. The fourth-order valence-electron chi connectivity index (χ4n) is 2.27. The number of ether oxygens (including phenoxy) is 1. The van der Waals surface area contributed by atoms with Gasteiger partial charge in [0.1, 0.15) is 16.0 Å². The quantitative estimate of drug-likeness (QED) is 0.330. The second-order valence-corrected chi connectivity index (χ2v) is 7.57. The van der Waals surface area contributed by atoms with E-state index in [1.54, 1.807) is 18.2 Å². The summed E-state index contributed by atoms with van der Waals surface area (Å²) >= 11 is 0.972. The standard InChI is InChI=1S/C16H15N3O5S2/c1-3-11-8-13(25-10-17)5-6-14(11)18-26(22,23)16-9-12(19(20)21)4-7-15(16)24-2/h4-9,18H,3H2,1-2H3. The molecular formula is C16H15N3O5S2. The molecule has 26 heavy (non-hydrogen) atoms. The van der Waals surface area contributed by atoms with Gasteiger partial charge in [-0.3, -0.25) is 14.8 Å². The van der Waals surface area contributed by atoms with Crippen molar-refractivity contribution in [1.82, 2.24) is 0 Å². The molecule has 0 heterocycles. The lowest BCUT2D eigenvalue weighted by Gasteiger charge is -2.14. The van der Waals surface area contributed by atoms with Crippen molar-refractivity contribution in [1.29, 1.82) is 5.26 Å². The second kappa shape index (κ2) is 8.07. The number of rotatable bonds is 7. The van der Waals surface area contributed by atoms with E-state index in [0.717, 1.165) is 17.8 Å². The third kappa shape index (κ3) is 4.25. The van der Waals surface area contributed by atoms with Crippen LogP contribution in [0.2, 0.25) is 0 Å². The molecule has 2 aromatic carbocycles. The van der Waals surface area contributed by atoms with Gasteiger partial charge < -0.3 is 4.74 Å². The number of methoxy groups -OCH3 is 1. The van der Waals surface area contributed by atoms with Crippen molar-refractivity contribution in [3.05, 3.63) is 52.1 Å². The minimum Gasteiger partial charge on any atom is -0.495 e. The summed E-state index contributed by atoms with van der Waals surface area (Å²) in [7, 11) is -2.84. The van der Waals surface area contributed by atoms with Gasteiger partial charge in [-0.05, 0) is 48.0 Å². The van der Waals surface area contributed by atoms with Gasteiger partial charge in [0, 0.05) is 17.0 Å². The smallest absolute Gasteiger partial charge is 0.271 e. The summed E-state index contributed by atoms with van der Waals surface area (Å²) < 4.78 is 33.0. The highest BCUT2D eigenvalue weighted by atomic mass is 32.2. The van der Waals surface area contributed by atoms with Crippen LogP contribution >= 0.6 is 11.8 Å². The van der Waals surface area contributed by atoms with Crippen LogP contribution in [0.5, 0.6) is 5.75 Å². The number of non-ortho nitro benzene ring substituents is 1. The highest BCUT2D eigenvalue weighted by Crippen LogP contribution is 2.31. The molecule has 10 heteroatoms. The molecule has 0 atom stereocenters. The molecule has 1 N–H and O–H groups in total. The van der Waals surface area contributed by atoms with Gasteiger partial charge in [-0.15, -0.1) is 0 Å². The number of nitro benzene ring substituents is 1. The zero-order valence-corrected chi connectivity index (χ0v) is 15.6. The van der Waals surface area contributed by atoms with Gasteiger partial charge in [-0.25, -0.2) is 8.42 Å². The van der Waals surface area contributed by atoms with Crippen LogP contribution in [0.3, 0.4) is 0 Å². The first kappa shape index (κ1) is 19.6. The average molecular weight is 393 g/mol. The Morgan fingerprint density at radius 1 is 1.31 bits per heavy atom. The summed E-state index contributed by atoms with van der Waals surface area (Å²) in [5, 5.41) is 21.7. The van der Waals surface area contributed by atoms with E-state index in [2.05, 4.69) is 4.72 Å². The van der Waals surface area contributed by atoms with E-state index in [0.29, 0.717) is 22.6 Å². The largest absolute Gasteiger partial charge is 0.495 e. The predicted molar refractivity (Wildman–Crippen MR) is 97.7 cm³/mol. The Balaban J connectivity index is 2.48. The molecule has 0 fully saturated rings. The van der Waals surface area contributed by atoms with Gasteiger partial charge in [0.2, 0.25) is 0 Å². The Morgan fingerprint density at radius 3 is 2.62 bits per heavy atom. The first-order valence-electron chi connectivity index (χ1n) is 7.36. The van der Waals surface area contributed by atoms with Gasteiger partial charge >= 0.3 is 0 Å². The minimum absolute atomic E-state index is 0.00203. The predicted octanol–water partition coefficient (Wildman–Crippen LogP) is 3.54. The molecule has 0 radical (unpaired) electrons. The zero-order valence-electron chi connectivity index (χ0n) is 13.9.